The highest BCUT2D eigenvalue weighted by Gasteiger charge is 2.28. The van der Waals surface area contributed by atoms with Crippen LogP contribution in [-0.2, 0) is 11.2 Å². The number of anilines is 1. The van der Waals surface area contributed by atoms with Crippen LogP contribution in [0.25, 0.3) is 11.5 Å². The summed E-state index contributed by atoms with van der Waals surface area (Å²) in [7, 11) is 0. The Hall–Kier alpha value is -3.28. The number of oxazole rings is 1. The van der Waals surface area contributed by atoms with Crippen molar-refractivity contribution in [3.05, 3.63) is 71.4 Å². The molecule has 2 aromatic carbocycles. The number of carbonyl (C=O) groups is 2. The van der Waals surface area contributed by atoms with Gasteiger partial charge in [0.1, 0.15) is 11.6 Å². The lowest BCUT2D eigenvalue weighted by molar-refractivity contribution is -0.118. The van der Waals surface area contributed by atoms with Gasteiger partial charge in [0, 0.05) is 18.5 Å². The van der Waals surface area contributed by atoms with Crippen molar-refractivity contribution >= 4 is 17.4 Å². The molecule has 0 atom stereocenters. The van der Waals surface area contributed by atoms with Gasteiger partial charge in [-0.25, -0.2) is 9.37 Å². The molecule has 136 valence electrons. The van der Waals surface area contributed by atoms with Gasteiger partial charge < -0.3 is 9.32 Å². The number of aryl methyl sites for hydroxylation is 1. The lowest BCUT2D eigenvalue weighted by Crippen LogP contribution is -2.38. The molecule has 1 aliphatic heterocycles. The van der Waals surface area contributed by atoms with Gasteiger partial charge in [-0.05, 0) is 31.2 Å². The molecular formula is C21H17FN2O3. The number of rotatable bonds is 3. The van der Waals surface area contributed by atoms with E-state index in [1.54, 1.807) is 54.3 Å². The van der Waals surface area contributed by atoms with E-state index in [2.05, 4.69) is 4.98 Å². The van der Waals surface area contributed by atoms with Crippen LogP contribution in [0.5, 0.6) is 0 Å². The zero-order chi connectivity index (χ0) is 19.0. The van der Waals surface area contributed by atoms with Crippen molar-refractivity contribution in [2.24, 2.45) is 0 Å². The van der Waals surface area contributed by atoms with E-state index < -0.39 is 5.82 Å². The summed E-state index contributed by atoms with van der Waals surface area (Å²) in [6.07, 6.45) is 0.313. The molecule has 0 saturated carbocycles. The quantitative estimate of drug-likeness (QED) is 0.706. The molecule has 1 amide bonds. The van der Waals surface area contributed by atoms with E-state index in [-0.39, 0.29) is 29.6 Å². The van der Waals surface area contributed by atoms with Crippen LogP contribution in [0.1, 0.15) is 28.2 Å². The largest absolute Gasteiger partial charge is 0.441 e. The molecule has 0 N–H and O–H groups in total. The fraction of sp³-hybridized carbons (Fsp3) is 0.190. The minimum absolute atomic E-state index is 0.0201. The highest BCUT2D eigenvalue weighted by molar-refractivity contribution is 6.09. The van der Waals surface area contributed by atoms with Crippen LogP contribution in [0.15, 0.2) is 52.9 Å². The van der Waals surface area contributed by atoms with Crippen LogP contribution < -0.4 is 4.90 Å². The number of carbonyl (C=O) groups excluding carboxylic acids is 2. The van der Waals surface area contributed by atoms with Gasteiger partial charge in [-0.2, -0.15) is 0 Å². The number of amides is 1. The first-order valence-corrected chi connectivity index (χ1v) is 8.68. The van der Waals surface area contributed by atoms with Gasteiger partial charge in [-0.1, -0.05) is 24.3 Å². The molecule has 0 aliphatic carbocycles. The molecule has 0 unspecified atom stereocenters. The van der Waals surface area contributed by atoms with Gasteiger partial charge in [0.25, 0.3) is 0 Å². The fourth-order valence-corrected chi connectivity index (χ4v) is 3.25. The SMILES string of the molecule is Cc1oc(-c2ccccc2F)nc1CC(=O)N1CCC(=O)c2ccccc21. The summed E-state index contributed by atoms with van der Waals surface area (Å²) >= 11 is 0. The van der Waals surface area contributed by atoms with Crippen LogP contribution in [0.4, 0.5) is 10.1 Å². The predicted octanol–water partition coefficient (Wildman–Crippen LogP) is 3.95. The summed E-state index contributed by atoms with van der Waals surface area (Å²) in [5.74, 6) is 0.0613. The Morgan fingerprint density at radius 3 is 2.63 bits per heavy atom. The Labute approximate surface area is 155 Å². The van der Waals surface area contributed by atoms with Crippen molar-refractivity contribution in [1.29, 1.82) is 0 Å². The number of benzene rings is 2. The minimum atomic E-state index is -0.430. The van der Waals surface area contributed by atoms with E-state index in [0.29, 0.717) is 35.7 Å². The number of aromatic nitrogens is 1. The fourth-order valence-electron chi connectivity index (χ4n) is 3.25. The van der Waals surface area contributed by atoms with E-state index in [9.17, 15) is 14.0 Å². The summed E-state index contributed by atoms with van der Waals surface area (Å²) in [4.78, 5) is 30.8. The van der Waals surface area contributed by atoms with Crippen molar-refractivity contribution in [1.82, 2.24) is 4.98 Å². The third-order valence-electron chi connectivity index (χ3n) is 4.67. The molecule has 0 radical (unpaired) electrons. The van der Waals surface area contributed by atoms with Crippen LogP contribution >= 0.6 is 0 Å². The van der Waals surface area contributed by atoms with Gasteiger partial charge in [0.15, 0.2) is 5.78 Å². The van der Waals surface area contributed by atoms with Crippen molar-refractivity contribution in [2.45, 2.75) is 19.8 Å². The summed E-state index contributed by atoms with van der Waals surface area (Å²) in [5, 5.41) is 0. The van der Waals surface area contributed by atoms with Crippen LogP contribution in [0.2, 0.25) is 0 Å². The molecule has 6 heteroatoms. The Bertz CT molecular complexity index is 1040. The first-order chi connectivity index (χ1) is 13.0. The topological polar surface area (TPSA) is 63.4 Å². The van der Waals surface area contributed by atoms with E-state index in [4.69, 9.17) is 4.42 Å². The molecule has 0 saturated heterocycles. The average molecular weight is 364 g/mol. The van der Waals surface area contributed by atoms with Gasteiger partial charge in [-0.3, -0.25) is 9.59 Å². The maximum Gasteiger partial charge on any atom is 0.233 e. The number of halogens is 1. The predicted molar refractivity (Wildman–Crippen MR) is 98.1 cm³/mol. The van der Waals surface area contributed by atoms with Crippen LogP contribution in [0, 0.1) is 12.7 Å². The zero-order valence-electron chi connectivity index (χ0n) is 14.7. The van der Waals surface area contributed by atoms with Gasteiger partial charge in [0.05, 0.1) is 23.4 Å². The normalized spacial score (nSPS) is 13.6. The van der Waals surface area contributed by atoms with Crippen molar-refractivity contribution in [3.63, 3.8) is 0 Å². The van der Waals surface area contributed by atoms with Gasteiger partial charge in [0.2, 0.25) is 11.8 Å². The molecule has 1 aliphatic rings. The van der Waals surface area contributed by atoms with E-state index in [1.165, 1.54) is 6.07 Å². The molecule has 2 heterocycles. The van der Waals surface area contributed by atoms with Crippen LogP contribution in [-0.4, -0.2) is 23.2 Å². The number of nitrogens with zero attached hydrogens (tertiary/aromatic N) is 2. The molecule has 0 bridgehead atoms. The number of ketones is 1. The minimum Gasteiger partial charge on any atom is -0.441 e. The van der Waals surface area contributed by atoms with Gasteiger partial charge in [-0.15, -0.1) is 0 Å². The first kappa shape index (κ1) is 17.1. The molecule has 0 spiro atoms. The zero-order valence-corrected chi connectivity index (χ0v) is 14.7. The third kappa shape index (κ3) is 3.14. The monoisotopic (exact) mass is 364 g/mol. The highest BCUT2D eigenvalue weighted by Crippen LogP contribution is 2.29. The molecule has 4 rings (SSSR count). The first-order valence-electron chi connectivity index (χ1n) is 8.68. The smallest absolute Gasteiger partial charge is 0.233 e. The summed E-state index contributed by atoms with van der Waals surface area (Å²) in [5.41, 5.74) is 1.90. The Morgan fingerprint density at radius 2 is 1.85 bits per heavy atom. The molecule has 5 nitrogen and oxygen atoms in total. The van der Waals surface area contributed by atoms with Crippen molar-refractivity contribution < 1.29 is 18.4 Å². The Morgan fingerprint density at radius 1 is 1.15 bits per heavy atom. The summed E-state index contributed by atoms with van der Waals surface area (Å²) < 4.78 is 19.5. The third-order valence-corrected chi connectivity index (χ3v) is 4.67. The second-order valence-corrected chi connectivity index (χ2v) is 6.41. The molecule has 3 aromatic rings. The summed E-state index contributed by atoms with van der Waals surface area (Å²) in [6, 6.07) is 13.3. The second kappa shape index (κ2) is 6.79. The van der Waals surface area contributed by atoms with E-state index in [0.717, 1.165) is 0 Å². The van der Waals surface area contributed by atoms with Crippen LogP contribution in [0.3, 0.4) is 0 Å². The lowest BCUT2D eigenvalue weighted by Gasteiger charge is -2.28. The molecular weight excluding hydrogens is 347 g/mol. The maximum absolute atomic E-state index is 14.0. The molecule has 1 aromatic heterocycles. The lowest BCUT2D eigenvalue weighted by atomic mass is 10.00. The standard InChI is InChI=1S/C21H17FN2O3/c1-13-17(23-21(27-13)14-6-2-4-8-16(14)22)12-20(26)24-11-10-19(25)15-7-3-5-9-18(15)24/h2-9H,10-12H2,1H3. The average Bonchev–Trinajstić information content (AvgIpc) is 3.02. The maximum atomic E-state index is 14.0. The van der Waals surface area contributed by atoms with Crippen molar-refractivity contribution in [3.8, 4) is 11.5 Å². The second-order valence-electron chi connectivity index (χ2n) is 6.41. The number of hydrogen-bond donors (Lipinski definition) is 0. The highest BCUT2D eigenvalue weighted by atomic mass is 19.1. The van der Waals surface area contributed by atoms with Crippen molar-refractivity contribution in [2.75, 3.05) is 11.4 Å². The number of Topliss-reactive ketones (excluding diaryl/α,β-unsaturated/α-hetero) is 1. The van der Waals surface area contributed by atoms with E-state index >= 15 is 0 Å². The number of hydrogen-bond acceptors (Lipinski definition) is 4. The molecule has 0 fully saturated rings. The molecule has 27 heavy (non-hydrogen) atoms. The summed E-state index contributed by atoms with van der Waals surface area (Å²) in [6.45, 7) is 2.04. The Kier molecular flexibility index (Phi) is 4.32. The Balaban J connectivity index is 1.60. The van der Waals surface area contributed by atoms with E-state index in [1.807, 2.05) is 0 Å². The van der Waals surface area contributed by atoms with Gasteiger partial charge >= 0.3 is 0 Å². The number of fused-ring (bicyclic) bond motifs is 1. The number of para-hydroxylation sites is 1.